The second kappa shape index (κ2) is 6.95. The van der Waals surface area contributed by atoms with Crippen LogP contribution in [-0.2, 0) is 12.8 Å². The summed E-state index contributed by atoms with van der Waals surface area (Å²) in [7, 11) is 0. The van der Waals surface area contributed by atoms with E-state index in [1.54, 1.807) is 0 Å². The molecule has 0 atom stereocenters. The van der Waals surface area contributed by atoms with E-state index in [0.29, 0.717) is 0 Å². The summed E-state index contributed by atoms with van der Waals surface area (Å²) in [5.74, 6) is 0. The van der Waals surface area contributed by atoms with Crippen LogP contribution in [0.25, 0.3) is 0 Å². The summed E-state index contributed by atoms with van der Waals surface area (Å²) in [5, 5.41) is 0. The molecule has 1 fully saturated rings. The van der Waals surface area contributed by atoms with Crippen LogP contribution >= 0.6 is 0 Å². The highest BCUT2D eigenvalue weighted by Crippen LogP contribution is 2.28. The molecule has 0 saturated carbocycles. The maximum Gasteiger partial charge on any atom is 0.0380 e. The number of nitrogen functional groups attached to an aromatic ring is 1. The van der Waals surface area contributed by atoms with Crippen LogP contribution in [0.15, 0.2) is 42.5 Å². The molecule has 0 radical (unpaired) electrons. The van der Waals surface area contributed by atoms with Gasteiger partial charge in [-0.2, -0.15) is 0 Å². The average molecular weight is 309 g/mol. The molecule has 2 N–H and O–H groups in total. The molecule has 3 nitrogen and oxygen atoms in total. The molecule has 3 rings (SSSR count). The van der Waals surface area contributed by atoms with Crippen LogP contribution in [0.3, 0.4) is 0 Å². The Balaban J connectivity index is 1.75. The number of nitrogens with two attached hydrogens (primary N) is 1. The van der Waals surface area contributed by atoms with Gasteiger partial charge in [0.25, 0.3) is 0 Å². The van der Waals surface area contributed by atoms with E-state index < -0.39 is 0 Å². The molecule has 0 unspecified atom stereocenters. The van der Waals surface area contributed by atoms with Crippen molar-refractivity contribution in [3.8, 4) is 0 Å². The monoisotopic (exact) mass is 309 g/mol. The first-order valence-electron chi connectivity index (χ1n) is 8.69. The second-order valence-electron chi connectivity index (χ2n) is 6.19. The second-order valence-corrected chi connectivity index (χ2v) is 6.19. The van der Waals surface area contributed by atoms with Gasteiger partial charge in [0.15, 0.2) is 0 Å². The lowest BCUT2D eigenvalue weighted by atomic mass is 10.0. The molecule has 0 bridgehead atoms. The molecule has 1 heterocycles. The van der Waals surface area contributed by atoms with Crippen molar-refractivity contribution in [2.45, 2.75) is 26.7 Å². The molecule has 1 saturated heterocycles. The number of benzene rings is 2. The van der Waals surface area contributed by atoms with Gasteiger partial charge in [-0.25, -0.2) is 0 Å². The van der Waals surface area contributed by atoms with Crippen molar-refractivity contribution >= 4 is 17.1 Å². The summed E-state index contributed by atoms with van der Waals surface area (Å²) in [6.45, 7) is 8.62. The number of rotatable bonds is 4. The first-order chi connectivity index (χ1) is 11.2. The van der Waals surface area contributed by atoms with Gasteiger partial charge in [-0.05, 0) is 48.2 Å². The fraction of sp³-hybridized carbons (Fsp3) is 0.400. The highest BCUT2D eigenvalue weighted by atomic mass is 15.3. The molecule has 3 heteroatoms. The number of nitrogens with zero attached hydrogens (tertiary/aromatic N) is 2. The van der Waals surface area contributed by atoms with Crippen molar-refractivity contribution < 1.29 is 0 Å². The summed E-state index contributed by atoms with van der Waals surface area (Å²) in [5.41, 5.74) is 12.5. The zero-order valence-electron chi connectivity index (χ0n) is 14.3. The fourth-order valence-corrected chi connectivity index (χ4v) is 3.39. The Morgan fingerprint density at radius 3 is 1.74 bits per heavy atom. The number of aryl methyl sites for hydroxylation is 2. The summed E-state index contributed by atoms with van der Waals surface area (Å²) < 4.78 is 0. The van der Waals surface area contributed by atoms with E-state index in [4.69, 9.17) is 5.73 Å². The molecule has 0 aromatic heterocycles. The number of piperazine rings is 1. The van der Waals surface area contributed by atoms with Crippen molar-refractivity contribution in [3.63, 3.8) is 0 Å². The third-order valence-electron chi connectivity index (χ3n) is 4.86. The molecule has 2 aromatic carbocycles. The standard InChI is InChI=1S/C20H27N3/c1-3-16-14-19(15-17(4-2)20(16)21)23-12-10-22(11-13-23)18-8-6-5-7-9-18/h5-9,14-15H,3-4,10-13,21H2,1-2H3. The van der Waals surface area contributed by atoms with Gasteiger partial charge >= 0.3 is 0 Å². The smallest absolute Gasteiger partial charge is 0.0380 e. The van der Waals surface area contributed by atoms with Gasteiger partial charge in [0.2, 0.25) is 0 Å². The topological polar surface area (TPSA) is 32.5 Å². The van der Waals surface area contributed by atoms with Crippen molar-refractivity contribution in [2.24, 2.45) is 0 Å². The van der Waals surface area contributed by atoms with E-state index in [9.17, 15) is 0 Å². The number of hydrogen-bond acceptors (Lipinski definition) is 3. The minimum Gasteiger partial charge on any atom is -0.398 e. The third-order valence-corrected chi connectivity index (χ3v) is 4.86. The molecule has 1 aliphatic rings. The van der Waals surface area contributed by atoms with Gasteiger partial charge in [-0.1, -0.05) is 32.0 Å². The Kier molecular flexibility index (Phi) is 4.75. The molecule has 1 aliphatic heterocycles. The Hall–Kier alpha value is -2.16. The minimum absolute atomic E-state index is 0.988. The normalized spacial score (nSPS) is 15.0. The number of para-hydroxylation sites is 1. The maximum atomic E-state index is 6.27. The summed E-state index contributed by atoms with van der Waals surface area (Å²) in [6.07, 6.45) is 1.99. The molecule has 0 spiro atoms. The van der Waals surface area contributed by atoms with Gasteiger partial charge in [0, 0.05) is 43.2 Å². The zero-order chi connectivity index (χ0) is 16.2. The molecule has 122 valence electrons. The Bertz CT molecular complexity index is 618. The molecule has 23 heavy (non-hydrogen) atoms. The van der Waals surface area contributed by atoms with E-state index in [2.05, 4.69) is 66.1 Å². The Labute approximate surface area is 139 Å². The Morgan fingerprint density at radius 2 is 1.26 bits per heavy atom. The maximum absolute atomic E-state index is 6.27. The van der Waals surface area contributed by atoms with Crippen LogP contribution < -0.4 is 15.5 Å². The van der Waals surface area contributed by atoms with Crippen LogP contribution in [0, 0.1) is 0 Å². The number of anilines is 3. The highest BCUT2D eigenvalue weighted by molar-refractivity contribution is 5.64. The number of hydrogen-bond donors (Lipinski definition) is 1. The lowest BCUT2D eigenvalue weighted by molar-refractivity contribution is 0.653. The van der Waals surface area contributed by atoms with E-state index in [0.717, 1.165) is 44.7 Å². The summed E-state index contributed by atoms with van der Waals surface area (Å²) in [6, 6.07) is 15.3. The molecular formula is C20H27N3. The van der Waals surface area contributed by atoms with Crippen LogP contribution in [0.4, 0.5) is 17.1 Å². The van der Waals surface area contributed by atoms with Crippen LogP contribution in [-0.4, -0.2) is 26.2 Å². The molecular weight excluding hydrogens is 282 g/mol. The lowest BCUT2D eigenvalue weighted by Gasteiger charge is -2.37. The first kappa shape index (κ1) is 15.7. The quantitative estimate of drug-likeness (QED) is 0.874. The Morgan fingerprint density at radius 1 is 0.783 bits per heavy atom. The highest BCUT2D eigenvalue weighted by Gasteiger charge is 2.18. The van der Waals surface area contributed by atoms with E-state index >= 15 is 0 Å². The van der Waals surface area contributed by atoms with Crippen molar-refractivity contribution in [1.29, 1.82) is 0 Å². The van der Waals surface area contributed by atoms with Crippen molar-refractivity contribution in [1.82, 2.24) is 0 Å². The minimum atomic E-state index is 0.988. The van der Waals surface area contributed by atoms with Gasteiger partial charge in [-0.15, -0.1) is 0 Å². The summed E-state index contributed by atoms with van der Waals surface area (Å²) in [4.78, 5) is 4.96. The zero-order valence-corrected chi connectivity index (χ0v) is 14.3. The van der Waals surface area contributed by atoms with Crippen molar-refractivity contribution in [2.75, 3.05) is 41.7 Å². The summed E-state index contributed by atoms with van der Waals surface area (Å²) >= 11 is 0. The third kappa shape index (κ3) is 3.29. The van der Waals surface area contributed by atoms with Crippen molar-refractivity contribution in [3.05, 3.63) is 53.6 Å². The van der Waals surface area contributed by atoms with Gasteiger partial charge in [-0.3, -0.25) is 0 Å². The average Bonchev–Trinajstić information content (AvgIpc) is 2.63. The van der Waals surface area contributed by atoms with E-state index in [1.807, 2.05) is 0 Å². The van der Waals surface area contributed by atoms with Gasteiger partial charge < -0.3 is 15.5 Å². The van der Waals surface area contributed by atoms with Gasteiger partial charge in [0.05, 0.1) is 0 Å². The molecule has 2 aromatic rings. The predicted octanol–water partition coefficient (Wildman–Crippen LogP) is 3.72. The predicted molar refractivity (Wildman–Crippen MR) is 100 cm³/mol. The molecule has 0 amide bonds. The largest absolute Gasteiger partial charge is 0.398 e. The van der Waals surface area contributed by atoms with E-state index in [-0.39, 0.29) is 0 Å². The SMILES string of the molecule is CCc1cc(N2CCN(c3ccccc3)CC2)cc(CC)c1N. The van der Waals surface area contributed by atoms with Crippen LogP contribution in [0.1, 0.15) is 25.0 Å². The van der Waals surface area contributed by atoms with Crippen LogP contribution in [0.5, 0.6) is 0 Å². The molecule has 0 aliphatic carbocycles. The lowest BCUT2D eigenvalue weighted by Crippen LogP contribution is -2.46. The van der Waals surface area contributed by atoms with Crippen LogP contribution in [0.2, 0.25) is 0 Å². The first-order valence-corrected chi connectivity index (χ1v) is 8.69. The fourth-order valence-electron chi connectivity index (χ4n) is 3.39. The van der Waals surface area contributed by atoms with Gasteiger partial charge in [0.1, 0.15) is 0 Å². The van der Waals surface area contributed by atoms with E-state index in [1.165, 1.54) is 22.5 Å².